The van der Waals surface area contributed by atoms with Crippen molar-refractivity contribution >= 4 is 16.9 Å². The Balaban J connectivity index is 2.24. The zero-order valence-electron chi connectivity index (χ0n) is 8.65. The molecule has 17 heavy (non-hydrogen) atoms. The Hall–Kier alpha value is -2.70. The third-order valence-corrected chi connectivity index (χ3v) is 2.35. The van der Waals surface area contributed by atoms with E-state index in [9.17, 15) is 5.11 Å². The lowest BCUT2D eigenvalue weighted by molar-refractivity contribution is 0.472. The highest BCUT2D eigenvalue weighted by Gasteiger charge is 2.09. The van der Waals surface area contributed by atoms with Crippen molar-refractivity contribution in [3.63, 3.8) is 0 Å². The average Bonchev–Trinajstić information content (AvgIpc) is 2.75. The number of aromatic hydroxyl groups is 1. The van der Waals surface area contributed by atoms with Crippen molar-refractivity contribution in [2.75, 3.05) is 5.73 Å². The maximum atomic E-state index is 9.17. The number of rotatable bonds is 1. The van der Waals surface area contributed by atoms with Crippen molar-refractivity contribution in [2.45, 2.75) is 0 Å². The molecule has 0 bridgehead atoms. The van der Waals surface area contributed by atoms with Gasteiger partial charge in [-0.3, -0.25) is 0 Å². The molecule has 84 valence electrons. The molecule has 0 saturated carbocycles. The third-order valence-electron chi connectivity index (χ3n) is 2.35. The molecule has 0 saturated heterocycles. The number of fused-ring (bicyclic) bond motifs is 1. The highest BCUT2D eigenvalue weighted by molar-refractivity contribution is 5.85. The van der Waals surface area contributed by atoms with Gasteiger partial charge >= 0.3 is 0 Å². The molecule has 3 aromatic heterocycles. The van der Waals surface area contributed by atoms with Gasteiger partial charge in [0.15, 0.2) is 11.5 Å². The summed E-state index contributed by atoms with van der Waals surface area (Å²) in [4.78, 5) is 12.0. The van der Waals surface area contributed by atoms with Gasteiger partial charge in [0.2, 0.25) is 0 Å². The smallest absolute Gasteiger partial charge is 0.170 e. The zero-order valence-corrected chi connectivity index (χ0v) is 8.65. The molecule has 0 aliphatic heterocycles. The van der Waals surface area contributed by atoms with Gasteiger partial charge in [0.25, 0.3) is 0 Å². The summed E-state index contributed by atoms with van der Waals surface area (Å²) in [6, 6.07) is 3.17. The molecule has 0 aliphatic carbocycles. The number of pyridine rings is 1. The highest BCUT2D eigenvalue weighted by atomic mass is 16.3. The Morgan fingerprint density at radius 2 is 2.00 bits per heavy atom. The monoisotopic (exact) mass is 228 g/mol. The van der Waals surface area contributed by atoms with Crippen LogP contribution in [-0.4, -0.2) is 29.8 Å². The fraction of sp³-hybridized carbons (Fsp3) is 0. The molecule has 3 aromatic rings. The van der Waals surface area contributed by atoms with E-state index >= 15 is 0 Å². The van der Waals surface area contributed by atoms with E-state index in [-0.39, 0.29) is 5.75 Å². The molecule has 0 fully saturated rings. The Morgan fingerprint density at radius 1 is 1.12 bits per heavy atom. The van der Waals surface area contributed by atoms with Crippen LogP contribution in [0.25, 0.3) is 16.9 Å². The number of anilines is 1. The molecule has 3 heterocycles. The fourth-order valence-corrected chi connectivity index (χ4v) is 1.53. The Bertz CT molecular complexity index is 675. The summed E-state index contributed by atoms with van der Waals surface area (Å²) < 4.78 is 1.53. The van der Waals surface area contributed by atoms with Gasteiger partial charge in [0, 0.05) is 0 Å². The van der Waals surface area contributed by atoms with Crippen LogP contribution >= 0.6 is 0 Å². The van der Waals surface area contributed by atoms with Gasteiger partial charge < -0.3 is 10.8 Å². The molecule has 0 atom stereocenters. The second kappa shape index (κ2) is 3.41. The normalized spacial score (nSPS) is 10.8. The van der Waals surface area contributed by atoms with Crippen LogP contribution < -0.4 is 5.73 Å². The number of aromatic nitrogens is 5. The molecule has 0 amide bonds. The lowest BCUT2D eigenvalue weighted by Gasteiger charge is -2.01. The molecule has 7 heteroatoms. The first-order chi connectivity index (χ1) is 8.25. The molecular weight excluding hydrogens is 220 g/mol. The standard InChI is InChI=1S/C10H8N6O/c11-9-7-4-15-16(10(7)14-5-13-9)8-2-1-6(17)3-12-8/h1-5,17H,(H2,11,13,14). The number of hydrogen-bond acceptors (Lipinski definition) is 6. The van der Waals surface area contributed by atoms with Crippen LogP contribution in [0.5, 0.6) is 5.75 Å². The fourth-order valence-electron chi connectivity index (χ4n) is 1.53. The van der Waals surface area contributed by atoms with Crippen molar-refractivity contribution in [2.24, 2.45) is 0 Å². The van der Waals surface area contributed by atoms with E-state index in [1.807, 2.05) is 0 Å². The third kappa shape index (κ3) is 1.44. The van der Waals surface area contributed by atoms with Crippen molar-refractivity contribution in [3.8, 4) is 11.6 Å². The van der Waals surface area contributed by atoms with E-state index in [0.717, 1.165) is 0 Å². The predicted molar refractivity (Wildman–Crippen MR) is 60.5 cm³/mol. The van der Waals surface area contributed by atoms with Gasteiger partial charge in [-0.2, -0.15) is 9.78 Å². The molecule has 0 aromatic carbocycles. The summed E-state index contributed by atoms with van der Waals surface area (Å²) in [6.45, 7) is 0. The Morgan fingerprint density at radius 3 is 2.76 bits per heavy atom. The van der Waals surface area contributed by atoms with Gasteiger partial charge in [-0.15, -0.1) is 0 Å². The minimum Gasteiger partial charge on any atom is -0.506 e. The number of nitrogens with zero attached hydrogens (tertiary/aromatic N) is 5. The van der Waals surface area contributed by atoms with Crippen LogP contribution in [-0.2, 0) is 0 Å². The zero-order chi connectivity index (χ0) is 11.8. The number of nitrogen functional groups attached to an aromatic ring is 1. The van der Waals surface area contributed by atoms with Gasteiger partial charge in [0.05, 0.1) is 17.8 Å². The van der Waals surface area contributed by atoms with E-state index in [1.54, 1.807) is 12.3 Å². The molecule has 0 radical (unpaired) electrons. The quantitative estimate of drug-likeness (QED) is 0.628. The van der Waals surface area contributed by atoms with Crippen LogP contribution in [0, 0.1) is 0 Å². The minimum atomic E-state index is 0.0966. The van der Waals surface area contributed by atoms with Crippen LogP contribution in [0.3, 0.4) is 0 Å². The maximum absolute atomic E-state index is 9.17. The average molecular weight is 228 g/mol. The first-order valence-corrected chi connectivity index (χ1v) is 4.85. The number of hydrogen-bond donors (Lipinski definition) is 2. The van der Waals surface area contributed by atoms with Crippen LogP contribution in [0.15, 0.2) is 30.9 Å². The summed E-state index contributed by atoms with van der Waals surface area (Å²) in [5.74, 6) is 1.02. The van der Waals surface area contributed by atoms with E-state index in [0.29, 0.717) is 22.7 Å². The first kappa shape index (κ1) is 9.52. The SMILES string of the molecule is Nc1ncnc2c1cnn2-c1ccc(O)cn1. The first-order valence-electron chi connectivity index (χ1n) is 4.85. The number of nitrogens with two attached hydrogens (primary N) is 1. The predicted octanol–water partition coefficient (Wildman–Crippen LogP) is 0.498. The van der Waals surface area contributed by atoms with Crippen LogP contribution in [0.2, 0.25) is 0 Å². The maximum Gasteiger partial charge on any atom is 0.170 e. The summed E-state index contributed by atoms with van der Waals surface area (Å²) in [5.41, 5.74) is 6.29. The van der Waals surface area contributed by atoms with E-state index < -0.39 is 0 Å². The summed E-state index contributed by atoms with van der Waals surface area (Å²) in [6.07, 6.45) is 4.29. The van der Waals surface area contributed by atoms with Crippen LogP contribution in [0.4, 0.5) is 5.82 Å². The Kier molecular flexibility index (Phi) is 1.91. The molecule has 3 N–H and O–H groups in total. The van der Waals surface area contributed by atoms with Crippen molar-refractivity contribution in [1.82, 2.24) is 24.7 Å². The lowest BCUT2D eigenvalue weighted by Crippen LogP contribution is -2.00. The van der Waals surface area contributed by atoms with E-state index in [1.165, 1.54) is 23.3 Å². The topological polar surface area (TPSA) is 103 Å². The largest absolute Gasteiger partial charge is 0.506 e. The van der Waals surface area contributed by atoms with Gasteiger partial charge in [-0.1, -0.05) is 0 Å². The second-order valence-corrected chi connectivity index (χ2v) is 3.43. The molecule has 0 spiro atoms. The van der Waals surface area contributed by atoms with Gasteiger partial charge in [0.1, 0.15) is 17.9 Å². The Labute approximate surface area is 95.6 Å². The van der Waals surface area contributed by atoms with E-state index in [2.05, 4.69) is 20.1 Å². The molecule has 0 aliphatic rings. The molecule has 3 rings (SSSR count). The summed E-state index contributed by atoms with van der Waals surface area (Å²) in [5, 5.41) is 14.0. The van der Waals surface area contributed by atoms with Gasteiger partial charge in [-0.05, 0) is 12.1 Å². The van der Waals surface area contributed by atoms with Crippen molar-refractivity contribution in [3.05, 3.63) is 30.9 Å². The van der Waals surface area contributed by atoms with Crippen molar-refractivity contribution in [1.29, 1.82) is 0 Å². The van der Waals surface area contributed by atoms with Gasteiger partial charge in [-0.25, -0.2) is 15.0 Å². The van der Waals surface area contributed by atoms with Crippen LogP contribution in [0.1, 0.15) is 0 Å². The molecule has 7 nitrogen and oxygen atoms in total. The molecular formula is C10H8N6O. The minimum absolute atomic E-state index is 0.0966. The lowest BCUT2D eigenvalue weighted by atomic mass is 10.4. The molecule has 0 unspecified atom stereocenters. The second-order valence-electron chi connectivity index (χ2n) is 3.43. The van der Waals surface area contributed by atoms with Crippen molar-refractivity contribution < 1.29 is 5.11 Å². The van der Waals surface area contributed by atoms with E-state index in [4.69, 9.17) is 5.73 Å². The summed E-state index contributed by atoms with van der Waals surface area (Å²) >= 11 is 0. The highest BCUT2D eigenvalue weighted by Crippen LogP contribution is 2.18. The summed E-state index contributed by atoms with van der Waals surface area (Å²) in [7, 11) is 0.